The average Bonchev–Trinajstić information content (AvgIpc) is 3.04. The van der Waals surface area contributed by atoms with Gasteiger partial charge in [-0.3, -0.25) is 14.4 Å². The first kappa shape index (κ1) is 22.2. The highest BCUT2D eigenvalue weighted by Gasteiger charge is 2.36. The molecule has 168 valence electrons. The molecule has 0 radical (unpaired) electrons. The van der Waals surface area contributed by atoms with E-state index in [1.807, 2.05) is 6.92 Å². The molecule has 9 heteroatoms. The van der Waals surface area contributed by atoms with E-state index in [-0.39, 0.29) is 16.8 Å². The zero-order chi connectivity index (χ0) is 22.9. The minimum absolute atomic E-state index is 0.0577. The number of sulfonamides is 1. The van der Waals surface area contributed by atoms with Crippen molar-refractivity contribution >= 4 is 33.4 Å². The van der Waals surface area contributed by atoms with E-state index >= 15 is 0 Å². The number of benzene rings is 2. The Labute approximate surface area is 187 Å². The van der Waals surface area contributed by atoms with E-state index in [0.29, 0.717) is 49.2 Å². The number of carbonyl (C=O) groups excluding carboxylic acids is 3. The molecule has 2 aliphatic rings. The van der Waals surface area contributed by atoms with Gasteiger partial charge in [0.2, 0.25) is 15.9 Å². The van der Waals surface area contributed by atoms with Crippen LogP contribution in [0, 0.1) is 0 Å². The van der Waals surface area contributed by atoms with Crippen molar-refractivity contribution in [3.63, 3.8) is 0 Å². The molecule has 1 fully saturated rings. The van der Waals surface area contributed by atoms with Gasteiger partial charge in [-0.15, -0.1) is 0 Å². The summed E-state index contributed by atoms with van der Waals surface area (Å²) in [5.74, 6) is -0.745. The third-order valence-corrected chi connectivity index (χ3v) is 7.37. The van der Waals surface area contributed by atoms with Crippen molar-refractivity contribution in [2.45, 2.75) is 43.5 Å². The van der Waals surface area contributed by atoms with Crippen molar-refractivity contribution in [1.82, 2.24) is 9.62 Å². The van der Waals surface area contributed by atoms with E-state index in [9.17, 15) is 22.8 Å². The maximum absolute atomic E-state index is 12.8. The largest absolute Gasteiger partial charge is 0.343 e. The number of piperidine rings is 1. The van der Waals surface area contributed by atoms with Crippen LogP contribution in [0.2, 0.25) is 0 Å². The highest BCUT2D eigenvalue weighted by Crippen LogP contribution is 2.29. The Morgan fingerprint density at radius 3 is 2.06 bits per heavy atom. The molecule has 1 saturated heterocycles. The van der Waals surface area contributed by atoms with Gasteiger partial charge in [-0.05, 0) is 55.7 Å². The van der Waals surface area contributed by atoms with Gasteiger partial charge in [-0.25, -0.2) is 18.0 Å². The molecule has 2 aromatic carbocycles. The van der Waals surface area contributed by atoms with Crippen molar-refractivity contribution in [2.24, 2.45) is 0 Å². The molecule has 0 saturated carbocycles. The number of hydrogen-bond donors (Lipinski definition) is 1. The van der Waals surface area contributed by atoms with Gasteiger partial charge < -0.3 is 4.90 Å². The summed E-state index contributed by atoms with van der Waals surface area (Å²) in [6, 6.07) is 12.0. The van der Waals surface area contributed by atoms with Gasteiger partial charge in [0.1, 0.15) is 0 Å². The molecule has 0 aromatic heterocycles. The van der Waals surface area contributed by atoms with E-state index in [1.54, 1.807) is 29.2 Å². The Bertz CT molecular complexity index is 1120. The normalized spacial score (nSPS) is 17.0. The van der Waals surface area contributed by atoms with Gasteiger partial charge in [-0.1, -0.05) is 19.1 Å². The first-order chi connectivity index (χ1) is 15.3. The van der Waals surface area contributed by atoms with Gasteiger partial charge in [-0.2, -0.15) is 0 Å². The van der Waals surface area contributed by atoms with Crippen molar-refractivity contribution in [3.8, 4) is 0 Å². The molecule has 0 bridgehead atoms. The summed E-state index contributed by atoms with van der Waals surface area (Å²) in [4.78, 5) is 40.1. The number of carbonyl (C=O) groups is 3. The number of fused-ring (bicyclic) bond motifs is 1. The molecule has 4 rings (SSSR count). The fourth-order valence-corrected chi connectivity index (χ4v) is 5.41. The smallest absolute Gasteiger partial charge is 0.266 e. The number of anilines is 1. The third kappa shape index (κ3) is 4.18. The molecule has 2 heterocycles. The number of rotatable bonds is 6. The first-order valence-corrected chi connectivity index (χ1v) is 12.2. The van der Waals surface area contributed by atoms with Crippen LogP contribution in [0.3, 0.4) is 0 Å². The lowest BCUT2D eigenvalue weighted by Gasteiger charge is -2.32. The predicted molar refractivity (Wildman–Crippen MR) is 119 cm³/mol. The van der Waals surface area contributed by atoms with Crippen LogP contribution >= 0.6 is 0 Å². The summed E-state index contributed by atoms with van der Waals surface area (Å²) in [7, 11) is -3.77. The van der Waals surface area contributed by atoms with Crippen LogP contribution in [0.25, 0.3) is 0 Å². The molecule has 32 heavy (non-hydrogen) atoms. The summed E-state index contributed by atoms with van der Waals surface area (Å²) in [5.41, 5.74) is 0.983. The Hall–Kier alpha value is -3.04. The van der Waals surface area contributed by atoms with Gasteiger partial charge in [0.05, 0.1) is 21.7 Å². The number of nitrogens with zero attached hydrogens (tertiary/aromatic N) is 2. The molecule has 3 amide bonds. The summed E-state index contributed by atoms with van der Waals surface area (Å²) in [6.07, 6.45) is 2.42. The zero-order valence-corrected chi connectivity index (χ0v) is 18.6. The van der Waals surface area contributed by atoms with Crippen molar-refractivity contribution in [2.75, 3.05) is 18.0 Å². The summed E-state index contributed by atoms with van der Waals surface area (Å²) in [5, 5.41) is 0. The lowest BCUT2D eigenvalue weighted by Crippen LogP contribution is -2.46. The van der Waals surface area contributed by atoms with E-state index in [2.05, 4.69) is 4.72 Å². The Balaban J connectivity index is 1.43. The van der Waals surface area contributed by atoms with Crippen molar-refractivity contribution in [1.29, 1.82) is 0 Å². The Kier molecular flexibility index (Phi) is 6.12. The van der Waals surface area contributed by atoms with Crippen LogP contribution in [0.15, 0.2) is 53.4 Å². The average molecular weight is 456 g/mol. The summed E-state index contributed by atoms with van der Waals surface area (Å²) < 4.78 is 28.3. The van der Waals surface area contributed by atoms with Gasteiger partial charge in [0.15, 0.2) is 0 Å². The van der Waals surface area contributed by atoms with Crippen LogP contribution in [-0.2, 0) is 14.8 Å². The minimum Gasteiger partial charge on any atom is -0.343 e. The van der Waals surface area contributed by atoms with E-state index in [1.165, 1.54) is 24.3 Å². The van der Waals surface area contributed by atoms with Crippen molar-refractivity contribution in [3.05, 3.63) is 59.7 Å². The minimum atomic E-state index is -3.77. The molecule has 8 nitrogen and oxygen atoms in total. The van der Waals surface area contributed by atoms with Crippen LogP contribution in [0.1, 0.15) is 53.3 Å². The third-order valence-electron chi connectivity index (χ3n) is 5.83. The van der Waals surface area contributed by atoms with Gasteiger partial charge in [0, 0.05) is 25.6 Å². The topological polar surface area (TPSA) is 104 Å². The molecule has 0 unspecified atom stereocenters. The van der Waals surface area contributed by atoms with Crippen LogP contribution in [0.4, 0.5) is 5.69 Å². The molecule has 0 spiro atoms. The Morgan fingerprint density at radius 2 is 1.53 bits per heavy atom. The number of imide groups is 1. The molecular weight excluding hydrogens is 430 g/mol. The first-order valence-electron chi connectivity index (χ1n) is 10.7. The maximum atomic E-state index is 12.8. The predicted octanol–water partition coefficient (Wildman–Crippen LogP) is 2.56. The fraction of sp³-hybridized carbons (Fsp3) is 0.348. The monoisotopic (exact) mass is 455 g/mol. The quantitative estimate of drug-likeness (QED) is 0.674. The summed E-state index contributed by atoms with van der Waals surface area (Å²) >= 11 is 0. The molecule has 0 aliphatic carbocycles. The Morgan fingerprint density at radius 1 is 0.969 bits per heavy atom. The number of nitrogens with one attached hydrogen (secondary N) is 1. The van der Waals surface area contributed by atoms with Crippen molar-refractivity contribution < 1.29 is 22.8 Å². The number of amides is 3. The maximum Gasteiger partial charge on any atom is 0.266 e. The lowest BCUT2D eigenvalue weighted by atomic mass is 10.1. The second kappa shape index (κ2) is 8.84. The standard InChI is InChI=1S/C23H25N3O5S/c1-2-5-21(27)25-14-12-16(13-15-25)24-32(30,31)18-10-8-17(9-11-18)26-22(28)19-6-3-4-7-20(19)23(26)29/h3-4,6-11,16,24H,2,5,12-15H2,1H3. The lowest BCUT2D eigenvalue weighted by molar-refractivity contribution is -0.132. The number of likely N-dealkylation sites (tertiary alicyclic amines) is 1. The van der Waals surface area contributed by atoms with Gasteiger partial charge >= 0.3 is 0 Å². The summed E-state index contributed by atoms with van der Waals surface area (Å²) in [6.45, 7) is 3.02. The molecule has 1 N–H and O–H groups in total. The molecule has 2 aromatic rings. The fourth-order valence-electron chi connectivity index (χ4n) is 4.10. The van der Waals surface area contributed by atoms with Crippen LogP contribution in [-0.4, -0.2) is 50.2 Å². The van der Waals surface area contributed by atoms with Crippen LogP contribution < -0.4 is 9.62 Å². The van der Waals surface area contributed by atoms with E-state index in [0.717, 1.165) is 11.3 Å². The molecule has 0 atom stereocenters. The molecular formula is C23H25N3O5S. The number of hydrogen-bond acceptors (Lipinski definition) is 5. The van der Waals surface area contributed by atoms with E-state index in [4.69, 9.17) is 0 Å². The zero-order valence-electron chi connectivity index (χ0n) is 17.8. The highest BCUT2D eigenvalue weighted by molar-refractivity contribution is 7.89. The second-order valence-electron chi connectivity index (χ2n) is 8.01. The van der Waals surface area contributed by atoms with Gasteiger partial charge in [0.25, 0.3) is 11.8 Å². The van der Waals surface area contributed by atoms with Crippen LogP contribution in [0.5, 0.6) is 0 Å². The van der Waals surface area contributed by atoms with E-state index < -0.39 is 21.8 Å². The highest BCUT2D eigenvalue weighted by atomic mass is 32.2. The second-order valence-corrected chi connectivity index (χ2v) is 9.73. The molecule has 2 aliphatic heterocycles. The SMILES string of the molecule is CCCC(=O)N1CCC(NS(=O)(=O)c2ccc(N3C(=O)c4ccccc4C3=O)cc2)CC1.